The lowest BCUT2D eigenvalue weighted by molar-refractivity contribution is 0.0714. The molecule has 0 bridgehead atoms. The number of nitrogens with zero attached hydrogens (tertiary/aromatic N) is 3. The zero-order valence-electron chi connectivity index (χ0n) is 11.0. The summed E-state index contributed by atoms with van der Waals surface area (Å²) in [7, 11) is 2.21. The molecule has 0 N–H and O–H groups in total. The molecule has 1 aromatic heterocycles. The van der Waals surface area contributed by atoms with Crippen LogP contribution in [-0.4, -0.2) is 47.7 Å². The van der Waals surface area contributed by atoms with Crippen molar-refractivity contribution in [1.82, 2.24) is 14.9 Å². The lowest BCUT2D eigenvalue weighted by Crippen LogP contribution is -2.38. The third kappa shape index (κ3) is 2.54. The number of piperidine rings is 1. The lowest BCUT2D eigenvalue weighted by Gasteiger charge is -2.36. The minimum absolute atomic E-state index is 0.361. The molecule has 3 heterocycles. The van der Waals surface area contributed by atoms with Gasteiger partial charge in [-0.15, -0.1) is 0 Å². The molecule has 1 spiro atoms. The number of hydrogen-bond donors (Lipinski definition) is 0. The van der Waals surface area contributed by atoms with Crippen LogP contribution >= 0.6 is 0 Å². The van der Waals surface area contributed by atoms with Crippen molar-refractivity contribution in [2.75, 3.05) is 26.7 Å². The van der Waals surface area contributed by atoms with E-state index in [4.69, 9.17) is 4.74 Å². The Bertz CT molecular complexity index is 387. The van der Waals surface area contributed by atoms with Crippen LogP contribution in [0.2, 0.25) is 0 Å². The van der Waals surface area contributed by atoms with Crippen LogP contribution in [0.25, 0.3) is 0 Å². The zero-order valence-corrected chi connectivity index (χ0v) is 11.0. The Kier molecular flexibility index (Phi) is 3.31. The number of ether oxygens (including phenoxy) is 1. The molecule has 0 amide bonds. The van der Waals surface area contributed by atoms with Gasteiger partial charge in [0.05, 0.1) is 12.7 Å². The summed E-state index contributed by atoms with van der Waals surface area (Å²) < 4.78 is 6.01. The third-order valence-corrected chi connectivity index (χ3v) is 4.41. The predicted octanol–water partition coefficient (Wildman–Crippen LogP) is 1.52. The van der Waals surface area contributed by atoms with Crippen LogP contribution in [0.3, 0.4) is 0 Å². The van der Waals surface area contributed by atoms with E-state index in [9.17, 15) is 0 Å². The molecule has 0 radical (unpaired) electrons. The van der Waals surface area contributed by atoms with Crippen molar-refractivity contribution in [1.29, 1.82) is 0 Å². The van der Waals surface area contributed by atoms with Crippen molar-refractivity contribution in [3.8, 4) is 0 Å². The fourth-order valence-electron chi connectivity index (χ4n) is 3.17. The first kappa shape index (κ1) is 12.1. The Morgan fingerprint density at radius 3 is 2.78 bits per heavy atom. The van der Waals surface area contributed by atoms with Crippen LogP contribution in [-0.2, 0) is 11.2 Å². The number of rotatable bonds is 2. The topological polar surface area (TPSA) is 38.2 Å². The zero-order chi connectivity index (χ0) is 12.4. The van der Waals surface area contributed by atoms with Gasteiger partial charge in [-0.05, 0) is 50.4 Å². The second-order valence-corrected chi connectivity index (χ2v) is 5.89. The summed E-state index contributed by atoms with van der Waals surface area (Å²) in [4.78, 5) is 10.6. The predicted molar refractivity (Wildman–Crippen MR) is 69.3 cm³/mol. The molecular formula is C14H21N3O. The summed E-state index contributed by atoms with van der Waals surface area (Å²) in [6.07, 6.45) is 10.5. The van der Waals surface area contributed by atoms with Gasteiger partial charge < -0.3 is 9.64 Å². The maximum absolute atomic E-state index is 6.01. The molecule has 0 aliphatic carbocycles. The molecule has 1 atom stereocenters. The van der Waals surface area contributed by atoms with Crippen LogP contribution < -0.4 is 0 Å². The normalized spacial score (nSPS) is 27.7. The molecule has 2 aliphatic heterocycles. The van der Waals surface area contributed by atoms with E-state index in [0.29, 0.717) is 11.5 Å². The van der Waals surface area contributed by atoms with E-state index in [2.05, 4.69) is 21.9 Å². The van der Waals surface area contributed by atoms with Gasteiger partial charge in [-0.2, -0.15) is 0 Å². The second kappa shape index (κ2) is 4.94. The Labute approximate surface area is 108 Å². The minimum Gasteiger partial charge on any atom is -0.377 e. The highest BCUT2D eigenvalue weighted by molar-refractivity contribution is 5.06. The molecular weight excluding hydrogens is 226 g/mol. The van der Waals surface area contributed by atoms with Gasteiger partial charge in [0.15, 0.2) is 0 Å². The monoisotopic (exact) mass is 247 g/mol. The fourth-order valence-corrected chi connectivity index (χ4v) is 3.17. The van der Waals surface area contributed by atoms with E-state index in [0.717, 1.165) is 13.0 Å². The van der Waals surface area contributed by atoms with Crippen LogP contribution in [0.15, 0.2) is 18.7 Å². The van der Waals surface area contributed by atoms with Crippen LogP contribution in [0, 0.1) is 5.41 Å². The van der Waals surface area contributed by atoms with E-state index in [1.807, 2.05) is 12.4 Å². The number of hydrogen-bond acceptors (Lipinski definition) is 4. The summed E-state index contributed by atoms with van der Waals surface area (Å²) in [6.45, 7) is 3.37. The Morgan fingerprint density at radius 2 is 2.06 bits per heavy atom. The minimum atomic E-state index is 0.361. The Hall–Kier alpha value is -1.00. The SMILES string of the molecule is CN1CCC2(CC1)CO[C@H](Cc1cncnc1)C2. The fraction of sp³-hybridized carbons (Fsp3) is 0.714. The number of likely N-dealkylation sites (tertiary alicyclic amines) is 1. The highest BCUT2D eigenvalue weighted by Gasteiger charge is 2.41. The van der Waals surface area contributed by atoms with Crippen LogP contribution in [0.1, 0.15) is 24.8 Å². The third-order valence-electron chi connectivity index (χ3n) is 4.41. The number of aromatic nitrogens is 2. The first-order chi connectivity index (χ1) is 8.76. The van der Waals surface area contributed by atoms with Gasteiger partial charge in [-0.25, -0.2) is 9.97 Å². The summed E-state index contributed by atoms with van der Waals surface area (Å²) in [5, 5.41) is 0. The smallest absolute Gasteiger partial charge is 0.115 e. The van der Waals surface area contributed by atoms with Gasteiger partial charge in [0.25, 0.3) is 0 Å². The Morgan fingerprint density at radius 1 is 1.33 bits per heavy atom. The largest absolute Gasteiger partial charge is 0.377 e. The molecule has 98 valence electrons. The summed E-state index contributed by atoms with van der Waals surface area (Å²) >= 11 is 0. The van der Waals surface area contributed by atoms with E-state index in [1.165, 1.54) is 37.9 Å². The van der Waals surface area contributed by atoms with Gasteiger partial charge in [-0.3, -0.25) is 0 Å². The molecule has 0 unspecified atom stereocenters. The maximum atomic E-state index is 6.01. The van der Waals surface area contributed by atoms with Gasteiger partial charge in [0.2, 0.25) is 0 Å². The van der Waals surface area contributed by atoms with Crippen molar-refractivity contribution in [3.05, 3.63) is 24.3 Å². The van der Waals surface area contributed by atoms with Crippen molar-refractivity contribution in [2.24, 2.45) is 5.41 Å². The van der Waals surface area contributed by atoms with E-state index in [-0.39, 0.29) is 0 Å². The van der Waals surface area contributed by atoms with Crippen molar-refractivity contribution >= 4 is 0 Å². The Balaban J connectivity index is 1.58. The molecule has 2 fully saturated rings. The van der Waals surface area contributed by atoms with E-state index in [1.54, 1.807) is 6.33 Å². The van der Waals surface area contributed by atoms with Crippen molar-refractivity contribution < 1.29 is 4.74 Å². The highest BCUT2D eigenvalue weighted by atomic mass is 16.5. The average molecular weight is 247 g/mol. The average Bonchev–Trinajstić information content (AvgIpc) is 2.78. The molecule has 3 rings (SSSR count). The van der Waals surface area contributed by atoms with Gasteiger partial charge in [-0.1, -0.05) is 0 Å². The standard InChI is InChI=1S/C14H21N3O/c1-17-4-2-14(3-5-17)7-13(18-10-14)6-12-8-15-11-16-9-12/h8-9,11,13H,2-7,10H2,1H3/t13-/m1/s1. The quantitative estimate of drug-likeness (QED) is 0.794. The molecule has 4 nitrogen and oxygen atoms in total. The van der Waals surface area contributed by atoms with Gasteiger partial charge >= 0.3 is 0 Å². The lowest BCUT2D eigenvalue weighted by atomic mass is 9.76. The first-order valence-electron chi connectivity index (χ1n) is 6.80. The summed E-state index contributed by atoms with van der Waals surface area (Å²) in [6, 6.07) is 0. The second-order valence-electron chi connectivity index (χ2n) is 5.89. The molecule has 2 saturated heterocycles. The van der Waals surface area contributed by atoms with E-state index >= 15 is 0 Å². The van der Waals surface area contributed by atoms with Crippen molar-refractivity contribution in [3.63, 3.8) is 0 Å². The van der Waals surface area contributed by atoms with Gasteiger partial charge in [0, 0.05) is 18.8 Å². The van der Waals surface area contributed by atoms with Crippen molar-refractivity contribution in [2.45, 2.75) is 31.8 Å². The summed E-state index contributed by atoms with van der Waals surface area (Å²) in [5.41, 5.74) is 1.64. The maximum Gasteiger partial charge on any atom is 0.115 e. The molecule has 1 aromatic rings. The van der Waals surface area contributed by atoms with Crippen LogP contribution in [0.4, 0.5) is 0 Å². The van der Waals surface area contributed by atoms with Gasteiger partial charge in [0.1, 0.15) is 6.33 Å². The first-order valence-corrected chi connectivity index (χ1v) is 6.80. The molecule has 4 heteroatoms. The molecule has 0 aromatic carbocycles. The highest BCUT2D eigenvalue weighted by Crippen LogP contribution is 2.42. The van der Waals surface area contributed by atoms with E-state index < -0.39 is 0 Å². The summed E-state index contributed by atoms with van der Waals surface area (Å²) in [5.74, 6) is 0. The molecule has 0 saturated carbocycles. The van der Waals surface area contributed by atoms with Crippen LogP contribution in [0.5, 0.6) is 0 Å². The molecule has 2 aliphatic rings. The molecule has 18 heavy (non-hydrogen) atoms.